The summed E-state index contributed by atoms with van der Waals surface area (Å²) in [6.45, 7) is 1.65. The molecule has 0 aliphatic carbocycles. The van der Waals surface area contributed by atoms with E-state index >= 15 is 0 Å². The number of likely N-dealkylation sites (tertiary alicyclic amines) is 1. The Balaban J connectivity index is 1.50. The molecule has 3 heterocycles. The van der Waals surface area contributed by atoms with E-state index in [1.54, 1.807) is 19.4 Å². The number of rotatable bonds is 5. The smallest absolute Gasteiger partial charge is 0.336 e. The molecule has 2 aromatic heterocycles. The first-order valence-electron chi connectivity index (χ1n) is 9.13. The summed E-state index contributed by atoms with van der Waals surface area (Å²) in [6.07, 6.45) is 3.77. The Bertz CT molecular complexity index is 1060. The molecule has 1 saturated heterocycles. The molecule has 1 aliphatic rings. The third-order valence-electron chi connectivity index (χ3n) is 4.79. The molecule has 1 amide bonds. The maximum atomic E-state index is 12.4. The van der Waals surface area contributed by atoms with Crippen molar-refractivity contribution in [3.8, 4) is 5.75 Å². The lowest BCUT2D eigenvalue weighted by Gasteiger charge is -2.14. The first-order valence-corrected chi connectivity index (χ1v) is 10.1. The molecule has 4 rings (SSSR count). The summed E-state index contributed by atoms with van der Waals surface area (Å²) in [6, 6.07) is 10.6. The van der Waals surface area contributed by atoms with Crippen LogP contribution in [0.25, 0.3) is 11.0 Å². The summed E-state index contributed by atoms with van der Waals surface area (Å²) in [5.41, 5.74) is 1.60. The Labute approximate surface area is 166 Å². The van der Waals surface area contributed by atoms with E-state index in [9.17, 15) is 9.59 Å². The summed E-state index contributed by atoms with van der Waals surface area (Å²) in [5.74, 6) is 1.25. The van der Waals surface area contributed by atoms with E-state index in [1.807, 2.05) is 29.2 Å². The SMILES string of the molecule is COc1ccc2c(CSc3ccc(C(=O)N4CCCC4)cn3)cc(=O)oc2c1. The number of hydrogen-bond donors (Lipinski definition) is 0. The molecule has 7 heteroatoms. The first kappa shape index (κ1) is 18.6. The molecule has 0 radical (unpaired) electrons. The van der Waals surface area contributed by atoms with Gasteiger partial charge in [-0.2, -0.15) is 0 Å². The standard InChI is InChI=1S/C21H20N2O4S/c1-26-16-5-6-17-15(10-20(24)27-18(17)11-16)13-28-19-7-4-14(12-22-19)21(25)23-8-2-3-9-23/h4-7,10-12H,2-3,8-9,13H2,1H3. The van der Waals surface area contributed by atoms with Gasteiger partial charge in [0.25, 0.3) is 5.91 Å². The van der Waals surface area contributed by atoms with Crippen LogP contribution in [0.2, 0.25) is 0 Å². The Morgan fingerprint density at radius 1 is 1.21 bits per heavy atom. The molecule has 3 aromatic rings. The van der Waals surface area contributed by atoms with Crippen LogP contribution in [-0.4, -0.2) is 36.0 Å². The van der Waals surface area contributed by atoms with Gasteiger partial charge in [-0.25, -0.2) is 9.78 Å². The fourth-order valence-electron chi connectivity index (χ4n) is 3.30. The summed E-state index contributed by atoms with van der Waals surface area (Å²) in [4.78, 5) is 30.6. The van der Waals surface area contributed by atoms with Gasteiger partial charge in [-0.3, -0.25) is 4.79 Å². The van der Waals surface area contributed by atoms with Crippen molar-refractivity contribution in [1.82, 2.24) is 9.88 Å². The number of carbonyl (C=O) groups excluding carboxylic acids is 1. The predicted molar refractivity (Wildman–Crippen MR) is 108 cm³/mol. The second kappa shape index (κ2) is 8.06. The van der Waals surface area contributed by atoms with Crippen molar-refractivity contribution >= 4 is 28.6 Å². The normalized spacial score (nSPS) is 13.8. The van der Waals surface area contributed by atoms with Gasteiger partial charge in [0.1, 0.15) is 11.3 Å². The number of thioether (sulfide) groups is 1. The Hall–Kier alpha value is -2.80. The quantitative estimate of drug-likeness (QED) is 0.483. The molecular weight excluding hydrogens is 376 g/mol. The largest absolute Gasteiger partial charge is 0.497 e. The Morgan fingerprint density at radius 3 is 2.75 bits per heavy atom. The van der Waals surface area contributed by atoms with E-state index in [0.29, 0.717) is 22.6 Å². The lowest BCUT2D eigenvalue weighted by Crippen LogP contribution is -2.27. The molecule has 28 heavy (non-hydrogen) atoms. The van der Waals surface area contributed by atoms with Crippen LogP contribution in [0.5, 0.6) is 5.75 Å². The van der Waals surface area contributed by atoms with Crippen molar-refractivity contribution in [1.29, 1.82) is 0 Å². The lowest BCUT2D eigenvalue weighted by molar-refractivity contribution is 0.0792. The van der Waals surface area contributed by atoms with Crippen LogP contribution in [0.1, 0.15) is 28.8 Å². The predicted octanol–water partition coefficient (Wildman–Crippen LogP) is 3.72. The number of methoxy groups -OCH3 is 1. The van der Waals surface area contributed by atoms with E-state index in [4.69, 9.17) is 9.15 Å². The van der Waals surface area contributed by atoms with Gasteiger partial charge >= 0.3 is 5.63 Å². The molecule has 0 unspecified atom stereocenters. The average molecular weight is 396 g/mol. The second-order valence-corrected chi connectivity index (χ2v) is 7.62. The highest BCUT2D eigenvalue weighted by molar-refractivity contribution is 7.98. The summed E-state index contributed by atoms with van der Waals surface area (Å²) >= 11 is 1.51. The lowest BCUT2D eigenvalue weighted by atomic mass is 10.1. The number of fused-ring (bicyclic) bond motifs is 1. The number of nitrogens with zero attached hydrogens (tertiary/aromatic N) is 2. The number of hydrogen-bond acceptors (Lipinski definition) is 6. The van der Waals surface area contributed by atoms with Crippen LogP contribution in [0.3, 0.4) is 0 Å². The number of carbonyl (C=O) groups is 1. The highest BCUT2D eigenvalue weighted by Gasteiger charge is 2.19. The summed E-state index contributed by atoms with van der Waals surface area (Å²) < 4.78 is 10.5. The minimum Gasteiger partial charge on any atom is -0.497 e. The topological polar surface area (TPSA) is 72.6 Å². The van der Waals surface area contributed by atoms with E-state index in [1.165, 1.54) is 17.8 Å². The van der Waals surface area contributed by atoms with Crippen molar-refractivity contribution in [2.24, 2.45) is 0 Å². The minimum atomic E-state index is -0.393. The van der Waals surface area contributed by atoms with Crippen LogP contribution in [0.4, 0.5) is 0 Å². The van der Waals surface area contributed by atoms with E-state index in [-0.39, 0.29) is 5.91 Å². The zero-order valence-corrected chi connectivity index (χ0v) is 16.3. The van der Waals surface area contributed by atoms with Gasteiger partial charge in [0, 0.05) is 42.6 Å². The van der Waals surface area contributed by atoms with Crippen LogP contribution < -0.4 is 10.4 Å². The maximum absolute atomic E-state index is 12.4. The molecule has 1 aromatic carbocycles. The number of amides is 1. The van der Waals surface area contributed by atoms with Crippen LogP contribution in [0.15, 0.2) is 56.8 Å². The number of aromatic nitrogens is 1. The minimum absolute atomic E-state index is 0.0437. The molecule has 0 atom stereocenters. The van der Waals surface area contributed by atoms with Gasteiger partial charge in [0.15, 0.2) is 0 Å². The van der Waals surface area contributed by atoms with Crippen LogP contribution in [0, 0.1) is 0 Å². The molecular formula is C21H20N2O4S. The molecule has 1 fully saturated rings. The first-order chi connectivity index (χ1) is 13.6. The number of ether oxygens (including phenoxy) is 1. The van der Waals surface area contributed by atoms with Gasteiger partial charge in [0.05, 0.1) is 17.7 Å². The average Bonchev–Trinajstić information content (AvgIpc) is 3.26. The zero-order chi connectivity index (χ0) is 19.5. The fourth-order valence-corrected chi connectivity index (χ4v) is 4.14. The summed E-state index contributed by atoms with van der Waals surface area (Å²) in [7, 11) is 1.57. The van der Waals surface area contributed by atoms with Crippen molar-refractivity contribution < 1.29 is 13.9 Å². The van der Waals surface area contributed by atoms with E-state index in [2.05, 4.69) is 4.98 Å². The van der Waals surface area contributed by atoms with E-state index in [0.717, 1.165) is 41.9 Å². The number of pyridine rings is 1. The van der Waals surface area contributed by atoms with Crippen LogP contribution in [-0.2, 0) is 5.75 Å². The van der Waals surface area contributed by atoms with Gasteiger partial charge in [-0.15, -0.1) is 11.8 Å². The van der Waals surface area contributed by atoms with Crippen molar-refractivity contribution in [2.45, 2.75) is 23.6 Å². The monoisotopic (exact) mass is 396 g/mol. The summed E-state index contributed by atoms with van der Waals surface area (Å²) in [5, 5.41) is 1.67. The van der Waals surface area contributed by atoms with Gasteiger partial charge in [0.2, 0.25) is 0 Å². The highest BCUT2D eigenvalue weighted by Crippen LogP contribution is 2.27. The Kier molecular flexibility index (Phi) is 5.34. The van der Waals surface area contributed by atoms with Crippen molar-refractivity contribution in [2.75, 3.05) is 20.2 Å². The Morgan fingerprint density at radius 2 is 2.04 bits per heavy atom. The molecule has 0 bridgehead atoms. The van der Waals surface area contributed by atoms with Gasteiger partial charge in [-0.1, -0.05) is 0 Å². The zero-order valence-electron chi connectivity index (χ0n) is 15.5. The van der Waals surface area contributed by atoms with Crippen molar-refractivity contribution in [3.63, 3.8) is 0 Å². The molecule has 0 spiro atoms. The van der Waals surface area contributed by atoms with Gasteiger partial charge < -0.3 is 14.1 Å². The van der Waals surface area contributed by atoms with Crippen LogP contribution >= 0.6 is 11.8 Å². The molecule has 144 valence electrons. The third kappa shape index (κ3) is 3.89. The third-order valence-corrected chi connectivity index (χ3v) is 5.78. The number of benzene rings is 1. The molecule has 0 N–H and O–H groups in total. The maximum Gasteiger partial charge on any atom is 0.336 e. The highest BCUT2D eigenvalue weighted by atomic mass is 32.2. The molecule has 6 nitrogen and oxygen atoms in total. The van der Waals surface area contributed by atoms with E-state index < -0.39 is 5.63 Å². The van der Waals surface area contributed by atoms with Gasteiger partial charge in [-0.05, 0) is 42.7 Å². The molecule has 1 aliphatic heterocycles. The molecule has 0 saturated carbocycles. The second-order valence-electron chi connectivity index (χ2n) is 6.63. The van der Waals surface area contributed by atoms with Crippen molar-refractivity contribution in [3.05, 3.63) is 64.1 Å². The fraction of sp³-hybridized carbons (Fsp3) is 0.286.